The number of aromatic nitrogens is 4. The topological polar surface area (TPSA) is 96.7 Å². The minimum absolute atomic E-state index is 0.114. The number of tetrazole rings is 1. The van der Waals surface area contributed by atoms with Crippen molar-refractivity contribution in [3.8, 4) is 11.6 Å². The Kier molecular flexibility index (Phi) is 4.92. The number of H-pyrrole nitrogens is 1. The van der Waals surface area contributed by atoms with E-state index in [1.807, 2.05) is 0 Å². The Balaban J connectivity index is 1.53. The van der Waals surface area contributed by atoms with Crippen LogP contribution in [-0.2, 0) is 0 Å². The quantitative estimate of drug-likeness (QED) is 0.428. The zero-order valence-electron chi connectivity index (χ0n) is 14.1. The zero-order valence-corrected chi connectivity index (χ0v) is 15.7. The lowest BCUT2D eigenvalue weighted by Gasteiger charge is -2.10. The Labute approximate surface area is 169 Å². The molecule has 0 unspecified atom stereocenters. The van der Waals surface area contributed by atoms with Crippen molar-refractivity contribution in [2.24, 2.45) is 0 Å². The number of fused-ring (bicyclic) bond motifs is 1. The fourth-order valence-electron chi connectivity index (χ4n) is 2.54. The molecule has 2 aromatic carbocycles. The highest BCUT2D eigenvalue weighted by Crippen LogP contribution is 2.41. The van der Waals surface area contributed by atoms with Gasteiger partial charge in [0.2, 0.25) is 5.82 Å². The number of furan rings is 1. The molecule has 0 fully saturated rings. The molecule has 0 aliphatic carbocycles. The number of alkyl halides is 3. The maximum atomic E-state index is 12.5. The Bertz CT molecular complexity index is 1190. The number of nitrogens with zero attached hydrogens (tertiary/aromatic N) is 3. The Morgan fingerprint density at radius 1 is 1.17 bits per heavy atom. The summed E-state index contributed by atoms with van der Waals surface area (Å²) >= 11 is 5.57. The summed E-state index contributed by atoms with van der Waals surface area (Å²) < 4.78 is 43.1. The third kappa shape index (κ3) is 4.35. The standard InChI is InChI=1S/C17H9ClF3N5O2S/c18-11-7-10(3-4-14(11)29-17(19,20)21)22-16(27)9-2-1-8-5-13(28-12(8)6-9)15-23-25-26-24-15/h1-7H,(H,22,27)(H,23,24,25,26). The highest BCUT2D eigenvalue weighted by atomic mass is 35.5. The molecule has 1 amide bonds. The molecule has 0 saturated heterocycles. The van der Waals surface area contributed by atoms with Crippen LogP contribution in [0, 0.1) is 0 Å². The van der Waals surface area contributed by atoms with Crippen LogP contribution in [0.1, 0.15) is 10.4 Å². The van der Waals surface area contributed by atoms with Crippen LogP contribution in [0.5, 0.6) is 0 Å². The predicted molar refractivity (Wildman–Crippen MR) is 101 cm³/mol. The summed E-state index contributed by atoms with van der Waals surface area (Å²) in [4.78, 5) is 12.3. The summed E-state index contributed by atoms with van der Waals surface area (Å²) in [5.74, 6) is 0.186. The van der Waals surface area contributed by atoms with E-state index in [2.05, 4.69) is 25.9 Å². The molecule has 2 aromatic heterocycles. The van der Waals surface area contributed by atoms with Gasteiger partial charge >= 0.3 is 5.51 Å². The highest BCUT2D eigenvalue weighted by Gasteiger charge is 2.30. The molecule has 12 heteroatoms. The first kappa shape index (κ1) is 19.3. The first-order valence-electron chi connectivity index (χ1n) is 7.92. The lowest BCUT2D eigenvalue weighted by molar-refractivity contribution is -0.0328. The van der Waals surface area contributed by atoms with Crippen LogP contribution < -0.4 is 5.32 Å². The Hall–Kier alpha value is -3.05. The van der Waals surface area contributed by atoms with Crippen molar-refractivity contribution in [2.45, 2.75) is 10.4 Å². The highest BCUT2D eigenvalue weighted by molar-refractivity contribution is 8.00. The molecule has 4 aromatic rings. The second-order valence-corrected chi connectivity index (χ2v) is 7.26. The summed E-state index contributed by atoms with van der Waals surface area (Å²) in [6, 6.07) is 10.3. The van der Waals surface area contributed by atoms with E-state index in [9.17, 15) is 18.0 Å². The van der Waals surface area contributed by atoms with Gasteiger partial charge in [0.1, 0.15) is 5.58 Å². The van der Waals surface area contributed by atoms with Crippen molar-refractivity contribution in [2.75, 3.05) is 5.32 Å². The smallest absolute Gasteiger partial charge is 0.446 e. The molecule has 0 atom stereocenters. The van der Waals surface area contributed by atoms with Crippen molar-refractivity contribution in [1.29, 1.82) is 0 Å². The first-order chi connectivity index (χ1) is 13.8. The molecule has 2 heterocycles. The number of thioether (sulfide) groups is 1. The molecule has 148 valence electrons. The van der Waals surface area contributed by atoms with Crippen molar-refractivity contribution in [1.82, 2.24) is 20.6 Å². The number of carbonyl (C=O) groups excluding carboxylic acids is 1. The number of benzene rings is 2. The third-order valence-electron chi connectivity index (χ3n) is 3.76. The van der Waals surface area contributed by atoms with Crippen LogP contribution in [0.15, 0.2) is 51.8 Å². The number of halogens is 4. The molecule has 0 aliphatic rings. The minimum atomic E-state index is -4.45. The molecule has 0 bridgehead atoms. The number of carbonyl (C=O) groups is 1. The van der Waals surface area contributed by atoms with Gasteiger partial charge in [-0.2, -0.15) is 18.4 Å². The maximum Gasteiger partial charge on any atom is 0.446 e. The second-order valence-electron chi connectivity index (χ2n) is 5.75. The van der Waals surface area contributed by atoms with Gasteiger partial charge in [0.05, 0.1) is 5.02 Å². The number of nitrogens with one attached hydrogen (secondary N) is 2. The predicted octanol–water partition coefficient (Wildman–Crippen LogP) is 5.13. The summed E-state index contributed by atoms with van der Waals surface area (Å²) in [7, 11) is 0. The average molecular weight is 440 g/mol. The van der Waals surface area contributed by atoms with Crippen molar-refractivity contribution < 1.29 is 22.4 Å². The van der Waals surface area contributed by atoms with E-state index in [0.29, 0.717) is 11.3 Å². The molecular weight excluding hydrogens is 431 g/mol. The fraction of sp³-hybridized carbons (Fsp3) is 0.0588. The number of amides is 1. The van der Waals surface area contributed by atoms with E-state index in [1.54, 1.807) is 18.2 Å². The van der Waals surface area contributed by atoms with Crippen LogP contribution in [0.3, 0.4) is 0 Å². The minimum Gasteiger partial charge on any atom is -0.453 e. The fourth-order valence-corrected chi connectivity index (χ4v) is 3.38. The van der Waals surface area contributed by atoms with Gasteiger partial charge in [0.15, 0.2) is 5.76 Å². The SMILES string of the molecule is O=C(Nc1ccc(SC(F)(F)F)c(Cl)c1)c1ccc2cc(-c3nn[nH]n3)oc2c1. The summed E-state index contributed by atoms with van der Waals surface area (Å²) in [5.41, 5.74) is -3.46. The van der Waals surface area contributed by atoms with Gasteiger partial charge in [-0.3, -0.25) is 4.79 Å². The third-order valence-corrected chi connectivity index (χ3v) is 5.00. The van der Waals surface area contributed by atoms with Crippen molar-refractivity contribution in [3.63, 3.8) is 0 Å². The van der Waals surface area contributed by atoms with Crippen LogP contribution >= 0.6 is 23.4 Å². The maximum absolute atomic E-state index is 12.5. The summed E-state index contributed by atoms with van der Waals surface area (Å²) in [5, 5.41) is 16.6. The number of hydrogen-bond donors (Lipinski definition) is 2. The molecule has 0 saturated carbocycles. The van der Waals surface area contributed by atoms with Crippen LogP contribution in [0.25, 0.3) is 22.6 Å². The normalized spacial score (nSPS) is 11.7. The summed E-state index contributed by atoms with van der Waals surface area (Å²) in [6.45, 7) is 0. The number of rotatable bonds is 4. The second kappa shape index (κ2) is 7.41. The van der Waals surface area contributed by atoms with Crippen LogP contribution in [0.2, 0.25) is 5.02 Å². The van der Waals surface area contributed by atoms with E-state index in [4.69, 9.17) is 16.0 Å². The van der Waals surface area contributed by atoms with Crippen LogP contribution in [0.4, 0.5) is 18.9 Å². The van der Waals surface area contributed by atoms with Gasteiger partial charge < -0.3 is 9.73 Å². The zero-order chi connectivity index (χ0) is 20.6. The van der Waals surface area contributed by atoms with E-state index < -0.39 is 11.4 Å². The number of anilines is 1. The monoisotopic (exact) mass is 439 g/mol. The lowest BCUT2D eigenvalue weighted by atomic mass is 10.1. The molecular formula is C17H9ClF3N5O2S. The largest absolute Gasteiger partial charge is 0.453 e. The molecule has 2 N–H and O–H groups in total. The molecule has 7 nitrogen and oxygen atoms in total. The van der Waals surface area contributed by atoms with Crippen LogP contribution in [-0.4, -0.2) is 32.0 Å². The van der Waals surface area contributed by atoms with Crippen molar-refractivity contribution in [3.05, 3.63) is 53.1 Å². The first-order valence-corrected chi connectivity index (χ1v) is 9.12. The number of hydrogen-bond acceptors (Lipinski definition) is 6. The van der Waals surface area contributed by atoms with Gasteiger partial charge in [-0.15, -0.1) is 10.2 Å². The Morgan fingerprint density at radius 3 is 2.69 bits per heavy atom. The van der Waals surface area contributed by atoms with Gasteiger partial charge in [-0.1, -0.05) is 17.7 Å². The van der Waals surface area contributed by atoms with Gasteiger partial charge in [-0.05, 0) is 53.4 Å². The van der Waals surface area contributed by atoms with Gasteiger partial charge in [0, 0.05) is 21.5 Å². The molecule has 0 radical (unpaired) electrons. The molecule has 4 rings (SSSR count). The van der Waals surface area contributed by atoms with Crippen molar-refractivity contribution >= 4 is 45.9 Å². The Morgan fingerprint density at radius 2 is 2.00 bits per heavy atom. The van der Waals surface area contributed by atoms with E-state index in [1.165, 1.54) is 24.3 Å². The van der Waals surface area contributed by atoms with E-state index in [-0.39, 0.29) is 38.8 Å². The van der Waals surface area contributed by atoms with E-state index >= 15 is 0 Å². The summed E-state index contributed by atoms with van der Waals surface area (Å²) in [6.07, 6.45) is 0. The lowest BCUT2D eigenvalue weighted by Crippen LogP contribution is -2.11. The molecule has 0 spiro atoms. The van der Waals surface area contributed by atoms with E-state index in [0.717, 1.165) is 5.39 Å². The molecule has 29 heavy (non-hydrogen) atoms. The molecule has 0 aliphatic heterocycles. The average Bonchev–Trinajstić information content (AvgIpc) is 3.31. The van der Waals surface area contributed by atoms with Gasteiger partial charge in [0.25, 0.3) is 5.91 Å². The van der Waals surface area contributed by atoms with Gasteiger partial charge in [-0.25, -0.2) is 0 Å². The number of aromatic amines is 1.